The van der Waals surface area contributed by atoms with E-state index in [1.54, 1.807) is 10.9 Å². The van der Waals surface area contributed by atoms with Crippen LogP contribution in [0.4, 0.5) is 11.4 Å². The lowest BCUT2D eigenvalue weighted by atomic mass is 10.1. The van der Waals surface area contributed by atoms with Gasteiger partial charge in [-0.1, -0.05) is 12.1 Å². The average Bonchev–Trinajstić information content (AvgIpc) is 2.93. The van der Waals surface area contributed by atoms with Crippen molar-refractivity contribution < 1.29 is 4.79 Å². The fourth-order valence-corrected chi connectivity index (χ4v) is 2.58. The van der Waals surface area contributed by atoms with Crippen molar-refractivity contribution in [2.75, 3.05) is 11.1 Å². The Morgan fingerprint density at radius 3 is 2.78 bits per heavy atom. The molecule has 23 heavy (non-hydrogen) atoms. The fourth-order valence-electron chi connectivity index (χ4n) is 2.58. The van der Waals surface area contributed by atoms with Crippen molar-refractivity contribution in [3.05, 3.63) is 53.7 Å². The van der Waals surface area contributed by atoms with Gasteiger partial charge in [0.15, 0.2) is 0 Å². The van der Waals surface area contributed by atoms with E-state index >= 15 is 0 Å². The van der Waals surface area contributed by atoms with Crippen molar-refractivity contribution in [3.63, 3.8) is 0 Å². The Bertz CT molecular complexity index is 882. The molecule has 1 amide bonds. The number of aryl methyl sites for hydroxylation is 2. The Morgan fingerprint density at radius 2 is 2.00 bits per heavy atom. The standard InChI is InChI=1S/C18H20N4O/c1-11-4-5-12(2)16(8-11)21-18(23)13(3)22-17-9-15(19)7-6-14(17)10-20-22/h4-10,13H,19H2,1-3H3,(H,21,23). The van der Waals surface area contributed by atoms with Crippen LogP contribution in [0.15, 0.2) is 42.6 Å². The fraction of sp³-hybridized carbons (Fsp3) is 0.222. The van der Waals surface area contributed by atoms with Gasteiger partial charge in [-0.05, 0) is 56.2 Å². The van der Waals surface area contributed by atoms with E-state index in [-0.39, 0.29) is 5.91 Å². The lowest BCUT2D eigenvalue weighted by Crippen LogP contribution is -2.24. The molecule has 0 saturated carbocycles. The second kappa shape index (κ2) is 5.76. The lowest BCUT2D eigenvalue weighted by molar-refractivity contribution is -0.119. The number of nitrogen functional groups attached to an aromatic ring is 1. The summed E-state index contributed by atoms with van der Waals surface area (Å²) in [5.41, 5.74) is 10.3. The predicted octanol–water partition coefficient (Wildman–Crippen LogP) is 3.44. The van der Waals surface area contributed by atoms with Gasteiger partial charge in [0, 0.05) is 16.8 Å². The van der Waals surface area contributed by atoms with Gasteiger partial charge in [-0.2, -0.15) is 5.10 Å². The van der Waals surface area contributed by atoms with Crippen molar-refractivity contribution in [2.24, 2.45) is 0 Å². The molecule has 3 aromatic rings. The quantitative estimate of drug-likeness (QED) is 0.728. The molecule has 1 heterocycles. The second-order valence-corrected chi connectivity index (χ2v) is 5.89. The summed E-state index contributed by atoms with van der Waals surface area (Å²) in [6.07, 6.45) is 1.75. The Kier molecular flexibility index (Phi) is 3.78. The van der Waals surface area contributed by atoms with Crippen LogP contribution in [0.3, 0.4) is 0 Å². The van der Waals surface area contributed by atoms with E-state index in [9.17, 15) is 4.79 Å². The summed E-state index contributed by atoms with van der Waals surface area (Å²) in [6, 6.07) is 11.1. The molecule has 0 aliphatic rings. The van der Waals surface area contributed by atoms with E-state index in [1.807, 2.05) is 57.2 Å². The molecule has 5 heteroatoms. The van der Waals surface area contributed by atoms with E-state index in [2.05, 4.69) is 10.4 Å². The normalized spacial score (nSPS) is 12.3. The molecule has 5 nitrogen and oxygen atoms in total. The second-order valence-electron chi connectivity index (χ2n) is 5.89. The Hall–Kier alpha value is -2.82. The highest BCUT2D eigenvalue weighted by Crippen LogP contribution is 2.22. The van der Waals surface area contributed by atoms with Crippen LogP contribution in [0, 0.1) is 13.8 Å². The molecule has 0 saturated heterocycles. The predicted molar refractivity (Wildman–Crippen MR) is 93.4 cm³/mol. The smallest absolute Gasteiger partial charge is 0.248 e. The Labute approximate surface area is 135 Å². The van der Waals surface area contributed by atoms with Crippen LogP contribution in [0.5, 0.6) is 0 Å². The van der Waals surface area contributed by atoms with Gasteiger partial charge in [0.05, 0.1) is 11.7 Å². The number of amides is 1. The van der Waals surface area contributed by atoms with Gasteiger partial charge in [-0.3, -0.25) is 9.48 Å². The third-order valence-electron chi connectivity index (χ3n) is 4.02. The number of rotatable bonds is 3. The zero-order chi connectivity index (χ0) is 16.6. The molecule has 3 N–H and O–H groups in total. The summed E-state index contributed by atoms with van der Waals surface area (Å²) >= 11 is 0. The van der Waals surface area contributed by atoms with Crippen molar-refractivity contribution in [3.8, 4) is 0 Å². The summed E-state index contributed by atoms with van der Waals surface area (Å²) in [4.78, 5) is 12.6. The van der Waals surface area contributed by atoms with E-state index < -0.39 is 6.04 Å². The molecule has 1 unspecified atom stereocenters. The van der Waals surface area contributed by atoms with Crippen LogP contribution in [0.2, 0.25) is 0 Å². The number of nitrogens with one attached hydrogen (secondary N) is 1. The topological polar surface area (TPSA) is 72.9 Å². The molecule has 2 aromatic carbocycles. The lowest BCUT2D eigenvalue weighted by Gasteiger charge is -2.15. The highest BCUT2D eigenvalue weighted by Gasteiger charge is 2.18. The number of nitrogens with zero attached hydrogens (tertiary/aromatic N) is 2. The van der Waals surface area contributed by atoms with Gasteiger partial charge >= 0.3 is 0 Å². The molecule has 1 aromatic heterocycles. The maximum Gasteiger partial charge on any atom is 0.248 e. The van der Waals surface area contributed by atoms with Gasteiger partial charge in [-0.15, -0.1) is 0 Å². The van der Waals surface area contributed by atoms with Crippen LogP contribution >= 0.6 is 0 Å². The van der Waals surface area contributed by atoms with E-state index in [0.717, 1.165) is 27.7 Å². The minimum Gasteiger partial charge on any atom is -0.399 e. The number of nitrogens with two attached hydrogens (primary N) is 1. The number of benzene rings is 2. The van der Waals surface area contributed by atoms with Crippen molar-refractivity contribution in [1.29, 1.82) is 0 Å². The van der Waals surface area contributed by atoms with Gasteiger partial charge in [0.1, 0.15) is 6.04 Å². The van der Waals surface area contributed by atoms with Gasteiger partial charge in [-0.25, -0.2) is 0 Å². The summed E-state index contributed by atoms with van der Waals surface area (Å²) < 4.78 is 1.70. The number of aromatic nitrogens is 2. The van der Waals surface area contributed by atoms with Crippen molar-refractivity contribution >= 4 is 28.2 Å². The van der Waals surface area contributed by atoms with Crippen LogP contribution < -0.4 is 11.1 Å². The van der Waals surface area contributed by atoms with Crippen molar-refractivity contribution in [2.45, 2.75) is 26.8 Å². The summed E-state index contributed by atoms with van der Waals surface area (Å²) in [7, 11) is 0. The van der Waals surface area contributed by atoms with Crippen LogP contribution in [-0.2, 0) is 4.79 Å². The molecular formula is C18H20N4O. The van der Waals surface area contributed by atoms with E-state index in [4.69, 9.17) is 5.73 Å². The SMILES string of the molecule is Cc1ccc(C)c(NC(=O)C(C)n2ncc3ccc(N)cc32)c1. The molecule has 1 atom stereocenters. The molecule has 0 fully saturated rings. The number of carbonyl (C=O) groups is 1. The molecule has 0 radical (unpaired) electrons. The largest absolute Gasteiger partial charge is 0.399 e. The first kappa shape index (κ1) is 15.1. The third kappa shape index (κ3) is 2.90. The Balaban J connectivity index is 1.89. The number of hydrogen-bond donors (Lipinski definition) is 2. The number of hydrogen-bond acceptors (Lipinski definition) is 3. The maximum absolute atomic E-state index is 12.6. The summed E-state index contributed by atoms with van der Waals surface area (Å²) in [5, 5.41) is 8.29. The van der Waals surface area contributed by atoms with Gasteiger partial charge in [0.2, 0.25) is 5.91 Å². The van der Waals surface area contributed by atoms with E-state index in [0.29, 0.717) is 5.69 Å². The summed E-state index contributed by atoms with van der Waals surface area (Å²) in [6.45, 7) is 5.81. The molecule has 0 aliphatic heterocycles. The number of anilines is 2. The highest BCUT2D eigenvalue weighted by molar-refractivity contribution is 5.95. The molecule has 0 spiro atoms. The first-order valence-electron chi connectivity index (χ1n) is 7.56. The molecule has 3 rings (SSSR count). The van der Waals surface area contributed by atoms with Gasteiger partial charge in [0.25, 0.3) is 0 Å². The highest BCUT2D eigenvalue weighted by atomic mass is 16.2. The number of carbonyl (C=O) groups excluding carboxylic acids is 1. The zero-order valence-corrected chi connectivity index (χ0v) is 13.5. The first-order chi connectivity index (χ1) is 11.0. The van der Waals surface area contributed by atoms with Crippen LogP contribution in [0.25, 0.3) is 10.9 Å². The monoisotopic (exact) mass is 308 g/mol. The van der Waals surface area contributed by atoms with Crippen molar-refractivity contribution in [1.82, 2.24) is 9.78 Å². The van der Waals surface area contributed by atoms with Crippen LogP contribution in [-0.4, -0.2) is 15.7 Å². The minimum absolute atomic E-state index is 0.105. The molecule has 0 bridgehead atoms. The first-order valence-corrected chi connectivity index (χ1v) is 7.56. The zero-order valence-electron chi connectivity index (χ0n) is 13.5. The third-order valence-corrected chi connectivity index (χ3v) is 4.02. The minimum atomic E-state index is -0.436. The maximum atomic E-state index is 12.6. The molecule has 118 valence electrons. The average molecular weight is 308 g/mol. The number of fused-ring (bicyclic) bond motifs is 1. The van der Waals surface area contributed by atoms with Crippen LogP contribution in [0.1, 0.15) is 24.1 Å². The summed E-state index contributed by atoms with van der Waals surface area (Å²) in [5.74, 6) is -0.105. The Morgan fingerprint density at radius 1 is 1.22 bits per heavy atom. The van der Waals surface area contributed by atoms with E-state index in [1.165, 1.54) is 0 Å². The molecule has 0 aliphatic carbocycles. The molecular weight excluding hydrogens is 288 g/mol. The van der Waals surface area contributed by atoms with Gasteiger partial charge < -0.3 is 11.1 Å².